The van der Waals surface area contributed by atoms with E-state index in [1.165, 1.54) is 0 Å². The Morgan fingerprint density at radius 1 is 1.25 bits per heavy atom. The standard InChI is InChI=1S/C14H24N2O4/c1-11-10-20-9-8-15(11)14(19)16-7-3-2-4-12(16)5-6-13(17)18/h11-12H,2-10H2,1H3,(H,17,18). The number of piperidine rings is 1. The minimum atomic E-state index is -0.789. The first-order valence-electron chi connectivity index (χ1n) is 7.46. The van der Waals surface area contributed by atoms with Gasteiger partial charge in [-0.25, -0.2) is 4.79 Å². The van der Waals surface area contributed by atoms with Crippen LogP contribution in [0.4, 0.5) is 4.79 Å². The first-order valence-corrected chi connectivity index (χ1v) is 7.46. The Morgan fingerprint density at radius 3 is 2.75 bits per heavy atom. The second-order valence-corrected chi connectivity index (χ2v) is 5.68. The van der Waals surface area contributed by atoms with Crippen molar-refractivity contribution in [1.82, 2.24) is 9.80 Å². The van der Waals surface area contributed by atoms with Crippen molar-refractivity contribution in [3.05, 3.63) is 0 Å². The van der Waals surface area contributed by atoms with Crippen LogP contribution >= 0.6 is 0 Å². The van der Waals surface area contributed by atoms with E-state index in [4.69, 9.17) is 9.84 Å². The molecule has 0 saturated carbocycles. The molecule has 0 aromatic carbocycles. The third-order valence-electron chi connectivity index (χ3n) is 4.18. The monoisotopic (exact) mass is 284 g/mol. The van der Waals surface area contributed by atoms with Crippen LogP contribution < -0.4 is 0 Å². The highest BCUT2D eigenvalue weighted by atomic mass is 16.5. The van der Waals surface area contributed by atoms with Gasteiger partial charge in [-0.2, -0.15) is 0 Å². The summed E-state index contributed by atoms with van der Waals surface area (Å²) in [5.74, 6) is -0.789. The van der Waals surface area contributed by atoms with E-state index in [1.54, 1.807) is 0 Å². The van der Waals surface area contributed by atoms with Crippen molar-refractivity contribution in [2.75, 3.05) is 26.3 Å². The molecule has 6 nitrogen and oxygen atoms in total. The summed E-state index contributed by atoms with van der Waals surface area (Å²) in [5.41, 5.74) is 0. The molecule has 0 radical (unpaired) electrons. The second kappa shape index (κ2) is 6.92. The number of hydrogen-bond donors (Lipinski definition) is 1. The van der Waals surface area contributed by atoms with Crippen LogP contribution in [0, 0.1) is 0 Å². The number of carboxylic acid groups (broad SMARTS) is 1. The Balaban J connectivity index is 1.98. The van der Waals surface area contributed by atoms with Gasteiger partial charge in [-0.1, -0.05) is 0 Å². The number of ether oxygens (including phenoxy) is 1. The average molecular weight is 284 g/mol. The Labute approximate surface area is 119 Å². The lowest BCUT2D eigenvalue weighted by Gasteiger charge is -2.42. The maximum Gasteiger partial charge on any atom is 0.320 e. The number of likely N-dealkylation sites (tertiary alicyclic amines) is 1. The van der Waals surface area contributed by atoms with Gasteiger partial charge in [0.05, 0.1) is 19.3 Å². The van der Waals surface area contributed by atoms with Gasteiger partial charge in [0, 0.05) is 25.6 Å². The van der Waals surface area contributed by atoms with Gasteiger partial charge in [-0.05, 0) is 32.6 Å². The fourth-order valence-corrected chi connectivity index (χ4v) is 3.02. The summed E-state index contributed by atoms with van der Waals surface area (Å²) >= 11 is 0. The zero-order chi connectivity index (χ0) is 14.5. The zero-order valence-electron chi connectivity index (χ0n) is 12.1. The Kier molecular flexibility index (Phi) is 5.23. The van der Waals surface area contributed by atoms with E-state index in [0.29, 0.717) is 26.2 Å². The summed E-state index contributed by atoms with van der Waals surface area (Å²) in [5, 5.41) is 8.83. The van der Waals surface area contributed by atoms with Gasteiger partial charge in [0.2, 0.25) is 0 Å². The molecule has 2 saturated heterocycles. The van der Waals surface area contributed by atoms with Gasteiger partial charge >= 0.3 is 12.0 Å². The maximum atomic E-state index is 12.7. The molecule has 20 heavy (non-hydrogen) atoms. The quantitative estimate of drug-likeness (QED) is 0.853. The van der Waals surface area contributed by atoms with Crippen molar-refractivity contribution in [2.45, 2.75) is 51.1 Å². The number of nitrogens with zero attached hydrogens (tertiary/aromatic N) is 2. The minimum Gasteiger partial charge on any atom is -0.481 e. The summed E-state index contributed by atoms with van der Waals surface area (Å²) in [6.07, 6.45) is 3.69. The van der Waals surface area contributed by atoms with Gasteiger partial charge in [-0.15, -0.1) is 0 Å². The summed E-state index contributed by atoms with van der Waals surface area (Å²) < 4.78 is 5.37. The van der Waals surface area contributed by atoms with E-state index in [9.17, 15) is 9.59 Å². The Bertz CT molecular complexity index is 361. The summed E-state index contributed by atoms with van der Waals surface area (Å²) in [6.45, 7) is 4.53. The third kappa shape index (κ3) is 3.62. The number of rotatable bonds is 3. The molecular formula is C14H24N2O4. The molecular weight excluding hydrogens is 260 g/mol. The molecule has 2 rings (SSSR count). The van der Waals surface area contributed by atoms with E-state index in [1.807, 2.05) is 16.7 Å². The molecule has 0 spiro atoms. The first kappa shape index (κ1) is 15.1. The zero-order valence-corrected chi connectivity index (χ0v) is 12.1. The molecule has 2 fully saturated rings. The van der Waals surface area contributed by atoms with Crippen LogP contribution in [0.1, 0.15) is 39.0 Å². The van der Waals surface area contributed by atoms with Crippen molar-refractivity contribution < 1.29 is 19.4 Å². The van der Waals surface area contributed by atoms with Crippen LogP contribution in [0.2, 0.25) is 0 Å². The summed E-state index contributed by atoms with van der Waals surface area (Å²) in [7, 11) is 0. The molecule has 0 aliphatic carbocycles. The molecule has 2 aliphatic heterocycles. The predicted octanol–water partition coefficient (Wildman–Crippen LogP) is 1.55. The SMILES string of the molecule is CC1COCCN1C(=O)N1CCCCC1CCC(=O)O. The lowest BCUT2D eigenvalue weighted by Crippen LogP contribution is -2.56. The molecule has 0 aromatic heterocycles. The lowest BCUT2D eigenvalue weighted by atomic mass is 9.98. The van der Waals surface area contributed by atoms with Crippen LogP contribution in [0.25, 0.3) is 0 Å². The van der Waals surface area contributed by atoms with Crippen LogP contribution in [0.5, 0.6) is 0 Å². The number of urea groups is 1. The van der Waals surface area contributed by atoms with Crippen molar-refractivity contribution in [2.24, 2.45) is 0 Å². The molecule has 2 atom stereocenters. The van der Waals surface area contributed by atoms with E-state index < -0.39 is 5.97 Å². The van der Waals surface area contributed by atoms with Crippen molar-refractivity contribution in [3.8, 4) is 0 Å². The lowest BCUT2D eigenvalue weighted by molar-refractivity contribution is -0.137. The normalized spacial score (nSPS) is 27.4. The number of carbonyl (C=O) groups is 2. The molecule has 2 heterocycles. The van der Waals surface area contributed by atoms with E-state index in [0.717, 1.165) is 25.8 Å². The topological polar surface area (TPSA) is 70.1 Å². The fourth-order valence-electron chi connectivity index (χ4n) is 3.02. The minimum absolute atomic E-state index is 0.0517. The van der Waals surface area contributed by atoms with Gasteiger partial charge < -0.3 is 19.6 Å². The average Bonchev–Trinajstić information content (AvgIpc) is 2.45. The smallest absolute Gasteiger partial charge is 0.320 e. The highest BCUT2D eigenvalue weighted by molar-refractivity contribution is 5.75. The number of morpholine rings is 1. The van der Waals surface area contributed by atoms with E-state index in [-0.39, 0.29) is 24.5 Å². The number of amides is 2. The molecule has 0 aromatic rings. The molecule has 2 unspecified atom stereocenters. The van der Waals surface area contributed by atoms with Crippen LogP contribution in [-0.4, -0.2) is 65.3 Å². The molecule has 114 valence electrons. The maximum absolute atomic E-state index is 12.7. The number of hydrogen-bond acceptors (Lipinski definition) is 3. The van der Waals surface area contributed by atoms with Crippen molar-refractivity contribution in [3.63, 3.8) is 0 Å². The van der Waals surface area contributed by atoms with Gasteiger partial charge in [0.25, 0.3) is 0 Å². The predicted molar refractivity (Wildman–Crippen MR) is 73.6 cm³/mol. The van der Waals surface area contributed by atoms with Crippen LogP contribution in [0.15, 0.2) is 0 Å². The molecule has 2 amide bonds. The van der Waals surface area contributed by atoms with E-state index >= 15 is 0 Å². The summed E-state index contributed by atoms with van der Waals surface area (Å²) in [4.78, 5) is 27.2. The van der Waals surface area contributed by atoms with Crippen molar-refractivity contribution in [1.29, 1.82) is 0 Å². The third-order valence-corrected chi connectivity index (χ3v) is 4.18. The highest BCUT2D eigenvalue weighted by Gasteiger charge is 2.33. The summed E-state index contributed by atoms with van der Waals surface area (Å²) in [6, 6.07) is 0.219. The van der Waals surface area contributed by atoms with E-state index in [2.05, 4.69) is 0 Å². The molecule has 1 N–H and O–H groups in total. The van der Waals surface area contributed by atoms with Crippen molar-refractivity contribution >= 4 is 12.0 Å². The highest BCUT2D eigenvalue weighted by Crippen LogP contribution is 2.23. The number of carboxylic acids is 1. The Hall–Kier alpha value is -1.30. The molecule has 6 heteroatoms. The second-order valence-electron chi connectivity index (χ2n) is 5.68. The largest absolute Gasteiger partial charge is 0.481 e. The number of carbonyl (C=O) groups excluding carboxylic acids is 1. The van der Waals surface area contributed by atoms with Gasteiger partial charge in [0.15, 0.2) is 0 Å². The van der Waals surface area contributed by atoms with Crippen LogP contribution in [-0.2, 0) is 9.53 Å². The molecule has 2 aliphatic rings. The fraction of sp³-hybridized carbons (Fsp3) is 0.857. The number of aliphatic carboxylic acids is 1. The molecule has 0 bridgehead atoms. The Morgan fingerprint density at radius 2 is 2.05 bits per heavy atom. The van der Waals surface area contributed by atoms with Crippen LogP contribution in [0.3, 0.4) is 0 Å². The van der Waals surface area contributed by atoms with Gasteiger partial charge in [-0.3, -0.25) is 4.79 Å². The van der Waals surface area contributed by atoms with Gasteiger partial charge in [0.1, 0.15) is 0 Å². The first-order chi connectivity index (χ1) is 9.59.